The summed E-state index contributed by atoms with van der Waals surface area (Å²) in [6, 6.07) is 9.99. The molecule has 0 bridgehead atoms. The Bertz CT molecular complexity index is 586. The van der Waals surface area contributed by atoms with E-state index in [9.17, 15) is 0 Å². The minimum atomic E-state index is 0.628. The van der Waals surface area contributed by atoms with Gasteiger partial charge in [-0.05, 0) is 36.2 Å². The van der Waals surface area contributed by atoms with E-state index in [0.717, 1.165) is 22.0 Å². The first-order chi connectivity index (χ1) is 8.74. The van der Waals surface area contributed by atoms with Gasteiger partial charge in [0.1, 0.15) is 22.4 Å². The summed E-state index contributed by atoms with van der Waals surface area (Å²) in [4.78, 5) is 0. The highest BCUT2D eigenvalue weighted by atomic mass is 32.1. The Labute approximate surface area is 110 Å². The largest absolute Gasteiger partial charge is 0.497 e. The first-order valence-corrected chi connectivity index (χ1v) is 6.25. The third-order valence-electron chi connectivity index (χ3n) is 2.56. The number of aryl methyl sites for hydroxylation is 1. The van der Waals surface area contributed by atoms with Gasteiger partial charge in [0.25, 0.3) is 0 Å². The summed E-state index contributed by atoms with van der Waals surface area (Å²) >= 11 is 1.32. The number of anilines is 1. The van der Waals surface area contributed by atoms with Crippen molar-refractivity contribution in [1.82, 2.24) is 4.37 Å². The van der Waals surface area contributed by atoms with Crippen molar-refractivity contribution in [2.45, 2.75) is 13.5 Å². The Kier molecular flexibility index (Phi) is 3.80. The van der Waals surface area contributed by atoms with Crippen molar-refractivity contribution in [2.24, 2.45) is 0 Å². The lowest BCUT2D eigenvalue weighted by Gasteiger charge is -2.06. The Morgan fingerprint density at radius 3 is 3.06 bits per heavy atom. The fourth-order valence-electron chi connectivity index (χ4n) is 1.59. The average molecular weight is 259 g/mol. The zero-order valence-electron chi connectivity index (χ0n) is 10.2. The summed E-state index contributed by atoms with van der Waals surface area (Å²) in [5, 5.41) is 13.1. The van der Waals surface area contributed by atoms with Gasteiger partial charge in [0.15, 0.2) is 0 Å². The summed E-state index contributed by atoms with van der Waals surface area (Å²) < 4.78 is 9.33. The molecule has 5 heteroatoms. The molecule has 1 aromatic heterocycles. The van der Waals surface area contributed by atoms with Gasteiger partial charge in [0.2, 0.25) is 0 Å². The van der Waals surface area contributed by atoms with E-state index >= 15 is 0 Å². The number of benzene rings is 1. The lowest BCUT2D eigenvalue weighted by Crippen LogP contribution is -1.99. The van der Waals surface area contributed by atoms with Crippen molar-refractivity contribution in [3.63, 3.8) is 0 Å². The van der Waals surface area contributed by atoms with Crippen molar-refractivity contribution in [3.05, 3.63) is 41.1 Å². The van der Waals surface area contributed by atoms with E-state index in [1.54, 1.807) is 7.11 Å². The quantitative estimate of drug-likeness (QED) is 0.917. The van der Waals surface area contributed by atoms with Crippen LogP contribution in [0, 0.1) is 18.3 Å². The van der Waals surface area contributed by atoms with Crippen molar-refractivity contribution in [2.75, 3.05) is 12.4 Å². The zero-order chi connectivity index (χ0) is 13.0. The SMILES string of the molecule is COc1cccc(CNc2snc(C)c2C#N)c1. The van der Waals surface area contributed by atoms with Gasteiger partial charge >= 0.3 is 0 Å². The van der Waals surface area contributed by atoms with Crippen LogP contribution < -0.4 is 10.1 Å². The summed E-state index contributed by atoms with van der Waals surface area (Å²) in [6.45, 7) is 2.49. The normalized spacial score (nSPS) is 9.83. The summed E-state index contributed by atoms with van der Waals surface area (Å²) in [6.07, 6.45) is 0. The Balaban J connectivity index is 2.09. The molecule has 0 fully saturated rings. The van der Waals surface area contributed by atoms with Crippen molar-refractivity contribution >= 4 is 16.5 Å². The lowest BCUT2D eigenvalue weighted by atomic mass is 10.2. The van der Waals surface area contributed by atoms with Crippen LogP contribution in [0.15, 0.2) is 24.3 Å². The first kappa shape index (κ1) is 12.4. The monoisotopic (exact) mass is 259 g/mol. The zero-order valence-corrected chi connectivity index (χ0v) is 11.0. The van der Waals surface area contributed by atoms with Crippen LogP contribution in [0.5, 0.6) is 5.75 Å². The Morgan fingerprint density at radius 2 is 2.33 bits per heavy atom. The number of hydrogen-bond acceptors (Lipinski definition) is 5. The van der Waals surface area contributed by atoms with E-state index in [1.807, 2.05) is 31.2 Å². The van der Waals surface area contributed by atoms with Gasteiger partial charge in [0, 0.05) is 6.54 Å². The highest BCUT2D eigenvalue weighted by molar-refractivity contribution is 7.10. The van der Waals surface area contributed by atoms with Crippen molar-refractivity contribution in [1.29, 1.82) is 5.26 Å². The number of hydrogen-bond donors (Lipinski definition) is 1. The second kappa shape index (κ2) is 5.52. The van der Waals surface area contributed by atoms with E-state index in [4.69, 9.17) is 10.00 Å². The van der Waals surface area contributed by atoms with Crippen LogP contribution in [-0.4, -0.2) is 11.5 Å². The van der Waals surface area contributed by atoms with Gasteiger partial charge in [-0.25, -0.2) is 0 Å². The summed E-state index contributed by atoms with van der Waals surface area (Å²) in [5.41, 5.74) is 2.50. The van der Waals surface area contributed by atoms with Gasteiger partial charge in [-0.2, -0.15) is 9.64 Å². The highest BCUT2D eigenvalue weighted by Crippen LogP contribution is 2.24. The Hall–Kier alpha value is -2.06. The maximum Gasteiger partial charge on any atom is 0.127 e. The molecule has 2 aromatic rings. The molecule has 0 aliphatic heterocycles. The number of methoxy groups -OCH3 is 1. The minimum absolute atomic E-state index is 0.628. The van der Waals surface area contributed by atoms with Crippen LogP contribution in [-0.2, 0) is 6.54 Å². The van der Waals surface area contributed by atoms with E-state index < -0.39 is 0 Å². The maximum atomic E-state index is 9.02. The maximum absolute atomic E-state index is 9.02. The predicted octanol–water partition coefficient (Wildman–Crippen LogP) is 2.94. The number of ether oxygens (including phenoxy) is 1. The number of nitrogens with one attached hydrogen (secondary N) is 1. The standard InChI is InChI=1S/C13H13N3OS/c1-9-12(7-14)13(18-16-9)15-8-10-4-3-5-11(6-10)17-2/h3-6,15H,8H2,1-2H3. The molecule has 18 heavy (non-hydrogen) atoms. The topological polar surface area (TPSA) is 57.9 Å². The molecule has 1 N–H and O–H groups in total. The summed E-state index contributed by atoms with van der Waals surface area (Å²) in [5.74, 6) is 0.829. The molecule has 0 spiro atoms. The molecular weight excluding hydrogens is 246 g/mol. The fraction of sp³-hybridized carbons (Fsp3) is 0.231. The molecule has 0 saturated heterocycles. The van der Waals surface area contributed by atoms with Gasteiger partial charge in [-0.3, -0.25) is 0 Å². The van der Waals surface area contributed by atoms with Crippen LogP contribution in [0.1, 0.15) is 16.8 Å². The van der Waals surface area contributed by atoms with Gasteiger partial charge in [0.05, 0.1) is 12.8 Å². The molecule has 2 rings (SSSR count). The third kappa shape index (κ3) is 2.60. The second-order valence-electron chi connectivity index (χ2n) is 3.79. The first-order valence-electron chi connectivity index (χ1n) is 5.47. The van der Waals surface area contributed by atoms with Crippen LogP contribution in [0.3, 0.4) is 0 Å². The van der Waals surface area contributed by atoms with E-state index in [0.29, 0.717) is 12.1 Å². The van der Waals surface area contributed by atoms with E-state index in [1.165, 1.54) is 11.5 Å². The van der Waals surface area contributed by atoms with E-state index in [-0.39, 0.29) is 0 Å². The number of aromatic nitrogens is 1. The van der Waals surface area contributed by atoms with Gasteiger partial charge in [-0.1, -0.05) is 12.1 Å². The van der Waals surface area contributed by atoms with Crippen molar-refractivity contribution in [3.8, 4) is 11.8 Å². The molecule has 0 atom stereocenters. The minimum Gasteiger partial charge on any atom is -0.497 e. The third-order valence-corrected chi connectivity index (χ3v) is 3.46. The summed E-state index contributed by atoms with van der Waals surface area (Å²) in [7, 11) is 1.65. The number of nitriles is 1. The Morgan fingerprint density at radius 1 is 1.50 bits per heavy atom. The van der Waals surface area contributed by atoms with Gasteiger partial charge in [-0.15, -0.1) is 0 Å². The van der Waals surface area contributed by atoms with E-state index in [2.05, 4.69) is 15.8 Å². The molecule has 92 valence electrons. The van der Waals surface area contributed by atoms with Gasteiger partial charge < -0.3 is 10.1 Å². The molecule has 0 amide bonds. The smallest absolute Gasteiger partial charge is 0.127 e. The fourth-order valence-corrected chi connectivity index (χ4v) is 2.33. The molecular formula is C13H13N3OS. The highest BCUT2D eigenvalue weighted by Gasteiger charge is 2.09. The van der Waals surface area contributed by atoms with Crippen LogP contribution in [0.4, 0.5) is 5.00 Å². The molecule has 0 aliphatic rings. The van der Waals surface area contributed by atoms with Crippen LogP contribution >= 0.6 is 11.5 Å². The van der Waals surface area contributed by atoms with Crippen LogP contribution in [0.25, 0.3) is 0 Å². The number of nitrogens with zero attached hydrogens (tertiary/aromatic N) is 2. The number of rotatable bonds is 4. The lowest BCUT2D eigenvalue weighted by molar-refractivity contribution is 0.414. The molecule has 1 heterocycles. The molecule has 4 nitrogen and oxygen atoms in total. The average Bonchev–Trinajstić information content (AvgIpc) is 2.77. The van der Waals surface area contributed by atoms with Crippen LogP contribution in [0.2, 0.25) is 0 Å². The predicted molar refractivity (Wildman–Crippen MR) is 71.9 cm³/mol. The molecule has 0 saturated carbocycles. The molecule has 0 unspecified atom stereocenters. The van der Waals surface area contributed by atoms with Crippen molar-refractivity contribution < 1.29 is 4.74 Å². The second-order valence-corrected chi connectivity index (χ2v) is 4.56. The molecule has 0 radical (unpaired) electrons. The molecule has 1 aromatic carbocycles. The molecule has 0 aliphatic carbocycles.